The Labute approximate surface area is 194 Å². The Morgan fingerprint density at radius 3 is 2.76 bits per heavy atom. The maximum atomic E-state index is 6.30. The van der Waals surface area contributed by atoms with Gasteiger partial charge in [0.05, 0.1) is 30.3 Å². The van der Waals surface area contributed by atoms with Gasteiger partial charge >= 0.3 is 0 Å². The van der Waals surface area contributed by atoms with E-state index in [1.165, 1.54) is 11.8 Å². The first-order valence-corrected chi connectivity index (χ1v) is 11.4. The van der Waals surface area contributed by atoms with Crippen LogP contribution < -0.4 is 15.8 Å². The van der Waals surface area contributed by atoms with E-state index < -0.39 is 0 Å². The largest absolute Gasteiger partial charge is 0.497 e. The minimum absolute atomic E-state index is 0.546. The number of aryl methyl sites for hydroxylation is 1. The van der Waals surface area contributed by atoms with Gasteiger partial charge in [0.25, 0.3) is 0 Å². The van der Waals surface area contributed by atoms with Gasteiger partial charge in [-0.3, -0.25) is 0 Å². The summed E-state index contributed by atoms with van der Waals surface area (Å²) < 4.78 is 13.1. The molecule has 0 radical (unpaired) electrons. The molecular weight excluding hydrogens is 436 g/mol. The Hall–Kier alpha value is -3.98. The van der Waals surface area contributed by atoms with E-state index in [1.807, 2.05) is 66.4 Å². The summed E-state index contributed by atoms with van der Waals surface area (Å²) in [5.41, 5.74) is 11.9. The molecular formula is C24H22N6O2S. The Balaban J connectivity index is 1.75. The predicted molar refractivity (Wildman–Crippen MR) is 131 cm³/mol. The minimum Gasteiger partial charge on any atom is -0.497 e. The van der Waals surface area contributed by atoms with Crippen LogP contribution >= 0.6 is 11.8 Å². The third-order valence-electron chi connectivity index (χ3n) is 5.32. The fraction of sp³-hybridized carbons (Fsp3) is 0.125. The van der Waals surface area contributed by atoms with E-state index in [1.54, 1.807) is 19.4 Å². The van der Waals surface area contributed by atoms with Gasteiger partial charge in [-0.15, -0.1) is 0 Å². The van der Waals surface area contributed by atoms with E-state index in [0.717, 1.165) is 22.5 Å². The SMILES string of the molecule is COc1ccc(Nc2nc(SC)nc(-c3ccco3)c2-c2ccc3ncc(C)n3c2)c(N)c1. The lowest BCUT2D eigenvalue weighted by molar-refractivity contribution is 0.415. The standard InChI is InChI=1S/C24H22N6O2S/c1-14-12-26-20-9-6-15(13-30(14)20)21-22(19-5-4-10-32-19)28-24(33-3)29-23(21)27-18-8-7-16(31-2)11-17(18)25/h4-13H,25H2,1-3H3,(H,27,28,29). The molecule has 166 valence electrons. The molecule has 0 amide bonds. The first kappa shape index (κ1) is 20.9. The summed E-state index contributed by atoms with van der Waals surface area (Å²) in [6, 6.07) is 13.2. The van der Waals surface area contributed by atoms with Crippen LogP contribution in [0.2, 0.25) is 0 Å². The van der Waals surface area contributed by atoms with Crippen LogP contribution in [0.3, 0.4) is 0 Å². The van der Waals surface area contributed by atoms with E-state index in [0.29, 0.717) is 39.6 Å². The summed E-state index contributed by atoms with van der Waals surface area (Å²) in [6.45, 7) is 2.02. The number of hydrogen-bond donors (Lipinski definition) is 2. The molecule has 5 rings (SSSR count). The quantitative estimate of drug-likeness (QED) is 0.198. The zero-order chi connectivity index (χ0) is 22.9. The summed E-state index contributed by atoms with van der Waals surface area (Å²) in [4.78, 5) is 14.0. The second kappa shape index (κ2) is 8.51. The van der Waals surface area contributed by atoms with Gasteiger partial charge in [-0.25, -0.2) is 15.0 Å². The molecule has 9 heteroatoms. The Kier molecular flexibility index (Phi) is 5.39. The number of nitrogen functional groups attached to an aromatic ring is 1. The number of ether oxygens (including phenoxy) is 1. The van der Waals surface area contributed by atoms with Crippen molar-refractivity contribution < 1.29 is 9.15 Å². The minimum atomic E-state index is 0.546. The first-order valence-electron chi connectivity index (χ1n) is 10.2. The zero-order valence-corrected chi connectivity index (χ0v) is 19.2. The summed E-state index contributed by atoms with van der Waals surface area (Å²) in [6.07, 6.45) is 7.45. The van der Waals surface area contributed by atoms with Gasteiger partial charge in [0.1, 0.15) is 22.9 Å². The van der Waals surface area contributed by atoms with E-state index >= 15 is 0 Å². The Morgan fingerprint density at radius 2 is 2.03 bits per heavy atom. The Bertz CT molecular complexity index is 1450. The van der Waals surface area contributed by atoms with Crippen molar-refractivity contribution in [3.05, 3.63) is 66.8 Å². The van der Waals surface area contributed by atoms with Crippen LogP contribution in [0.4, 0.5) is 17.2 Å². The number of aromatic nitrogens is 4. The second-order valence-electron chi connectivity index (χ2n) is 7.38. The molecule has 8 nitrogen and oxygen atoms in total. The average molecular weight is 459 g/mol. The van der Waals surface area contributed by atoms with E-state index in [4.69, 9.17) is 24.9 Å². The normalized spacial score (nSPS) is 11.1. The maximum Gasteiger partial charge on any atom is 0.189 e. The number of hydrogen-bond acceptors (Lipinski definition) is 8. The molecule has 5 aromatic rings. The molecule has 0 aliphatic rings. The van der Waals surface area contributed by atoms with Crippen LogP contribution in [0.25, 0.3) is 28.2 Å². The molecule has 1 aromatic carbocycles. The molecule has 0 saturated carbocycles. The van der Waals surface area contributed by atoms with Crippen molar-refractivity contribution in [3.8, 4) is 28.3 Å². The molecule has 0 aliphatic heterocycles. The number of rotatable bonds is 6. The topological polar surface area (TPSA) is 103 Å². The number of pyridine rings is 1. The van der Waals surface area contributed by atoms with Crippen molar-refractivity contribution in [2.75, 3.05) is 24.4 Å². The monoisotopic (exact) mass is 458 g/mol. The zero-order valence-electron chi connectivity index (χ0n) is 18.4. The molecule has 0 atom stereocenters. The first-order chi connectivity index (χ1) is 16.1. The molecule has 0 bridgehead atoms. The molecule has 0 saturated heterocycles. The Morgan fingerprint density at radius 1 is 1.15 bits per heavy atom. The van der Waals surface area contributed by atoms with E-state index in [9.17, 15) is 0 Å². The summed E-state index contributed by atoms with van der Waals surface area (Å²) >= 11 is 1.46. The number of fused-ring (bicyclic) bond motifs is 1. The highest BCUT2D eigenvalue weighted by molar-refractivity contribution is 7.98. The lowest BCUT2D eigenvalue weighted by Crippen LogP contribution is -2.05. The van der Waals surface area contributed by atoms with E-state index in [-0.39, 0.29) is 0 Å². The highest BCUT2D eigenvalue weighted by Gasteiger charge is 2.21. The van der Waals surface area contributed by atoms with Gasteiger partial charge in [0.15, 0.2) is 10.9 Å². The van der Waals surface area contributed by atoms with Gasteiger partial charge in [-0.1, -0.05) is 11.8 Å². The van der Waals surface area contributed by atoms with Gasteiger partial charge in [0.2, 0.25) is 0 Å². The van der Waals surface area contributed by atoms with E-state index in [2.05, 4.69) is 10.3 Å². The van der Waals surface area contributed by atoms with Crippen molar-refractivity contribution in [3.63, 3.8) is 0 Å². The maximum absolute atomic E-state index is 6.30. The fourth-order valence-corrected chi connectivity index (χ4v) is 4.01. The summed E-state index contributed by atoms with van der Waals surface area (Å²) in [5, 5.41) is 4.02. The molecule has 33 heavy (non-hydrogen) atoms. The highest BCUT2D eigenvalue weighted by Crippen LogP contribution is 2.39. The van der Waals surface area contributed by atoms with Crippen LogP contribution in [0, 0.1) is 6.92 Å². The lowest BCUT2D eigenvalue weighted by Gasteiger charge is -2.17. The molecule has 0 aliphatic carbocycles. The van der Waals surface area contributed by atoms with Crippen LogP contribution in [0.1, 0.15) is 5.69 Å². The molecule has 0 fully saturated rings. The van der Waals surface area contributed by atoms with Gasteiger partial charge in [-0.05, 0) is 49.6 Å². The number of nitrogens with zero attached hydrogens (tertiary/aromatic N) is 4. The predicted octanol–water partition coefficient (Wildman–Crippen LogP) is 5.42. The van der Waals surface area contributed by atoms with Crippen LogP contribution in [0.5, 0.6) is 5.75 Å². The number of nitrogens with one attached hydrogen (secondary N) is 1. The molecule has 0 spiro atoms. The lowest BCUT2D eigenvalue weighted by atomic mass is 10.0. The number of furan rings is 1. The number of imidazole rings is 1. The van der Waals surface area contributed by atoms with Crippen LogP contribution in [0.15, 0.2) is 70.7 Å². The van der Waals surface area contributed by atoms with Crippen molar-refractivity contribution in [1.82, 2.24) is 19.4 Å². The van der Waals surface area contributed by atoms with Gasteiger partial charge in [-0.2, -0.15) is 0 Å². The molecule has 3 N–H and O–H groups in total. The smallest absolute Gasteiger partial charge is 0.189 e. The fourth-order valence-electron chi connectivity index (χ4n) is 3.65. The van der Waals surface area contributed by atoms with Crippen molar-refractivity contribution in [1.29, 1.82) is 0 Å². The van der Waals surface area contributed by atoms with Crippen molar-refractivity contribution in [2.45, 2.75) is 12.1 Å². The number of methoxy groups -OCH3 is 1. The molecule has 4 heterocycles. The van der Waals surface area contributed by atoms with Crippen molar-refractivity contribution >= 4 is 34.6 Å². The summed E-state index contributed by atoms with van der Waals surface area (Å²) in [7, 11) is 1.61. The molecule has 4 aromatic heterocycles. The number of thioether (sulfide) groups is 1. The van der Waals surface area contributed by atoms with Crippen LogP contribution in [-0.2, 0) is 0 Å². The van der Waals surface area contributed by atoms with Gasteiger partial charge < -0.3 is 24.6 Å². The van der Waals surface area contributed by atoms with Gasteiger partial charge in [0, 0.05) is 29.7 Å². The third kappa shape index (κ3) is 3.87. The van der Waals surface area contributed by atoms with Crippen molar-refractivity contribution in [2.24, 2.45) is 0 Å². The number of anilines is 3. The number of benzene rings is 1. The number of nitrogens with two attached hydrogens (primary N) is 1. The average Bonchev–Trinajstić information content (AvgIpc) is 3.50. The third-order valence-corrected chi connectivity index (χ3v) is 5.86. The van der Waals surface area contributed by atoms with Crippen LogP contribution in [-0.4, -0.2) is 32.7 Å². The second-order valence-corrected chi connectivity index (χ2v) is 8.16. The highest BCUT2D eigenvalue weighted by atomic mass is 32.2. The summed E-state index contributed by atoms with van der Waals surface area (Å²) in [5.74, 6) is 1.95. The molecule has 0 unspecified atom stereocenters.